The summed E-state index contributed by atoms with van der Waals surface area (Å²) in [6, 6.07) is 2.18. The van der Waals surface area contributed by atoms with E-state index < -0.39 is 11.6 Å². The standard InChI is InChI=1S/C11H13F2N/c1-6-4-8(10(13)5-9(6)12)11(14)7-2-3-7/h4-5,7,11H,2-3,14H2,1H3. The Hall–Kier alpha value is -0.960. The smallest absolute Gasteiger partial charge is 0.130 e. The molecule has 0 aromatic heterocycles. The average Bonchev–Trinajstić information content (AvgIpc) is 2.93. The third-order valence-corrected chi connectivity index (χ3v) is 2.77. The summed E-state index contributed by atoms with van der Waals surface area (Å²) in [7, 11) is 0. The molecule has 3 heteroatoms. The van der Waals surface area contributed by atoms with E-state index in [4.69, 9.17) is 5.73 Å². The van der Waals surface area contributed by atoms with Crippen molar-refractivity contribution in [3.8, 4) is 0 Å². The molecule has 76 valence electrons. The maximum Gasteiger partial charge on any atom is 0.130 e. The highest BCUT2D eigenvalue weighted by Crippen LogP contribution is 2.40. The number of benzene rings is 1. The van der Waals surface area contributed by atoms with E-state index in [0.717, 1.165) is 18.9 Å². The van der Waals surface area contributed by atoms with Crippen LogP contribution < -0.4 is 5.73 Å². The van der Waals surface area contributed by atoms with E-state index in [1.54, 1.807) is 6.92 Å². The Labute approximate surface area is 81.9 Å². The lowest BCUT2D eigenvalue weighted by molar-refractivity contribution is 0.533. The SMILES string of the molecule is Cc1cc(C(N)C2CC2)c(F)cc1F. The van der Waals surface area contributed by atoms with Gasteiger partial charge in [0, 0.05) is 17.7 Å². The molecule has 1 saturated carbocycles. The summed E-state index contributed by atoms with van der Waals surface area (Å²) in [4.78, 5) is 0. The molecule has 0 heterocycles. The second kappa shape index (κ2) is 3.31. The minimum absolute atomic E-state index is 0.269. The van der Waals surface area contributed by atoms with Crippen LogP contribution in [-0.2, 0) is 0 Å². The first-order valence-corrected chi connectivity index (χ1v) is 4.80. The van der Waals surface area contributed by atoms with Crippen molar-refractivity contribution in [2.75, 3.05) is 0 Å². The highest BCUT2D eigenvalue weighted by Gasteiger charge is 2.31. The molecule has 1 aliphatic rings. The first kappa shape index (κ1) is 9.59. The van der Waals surface area contributed by atoms with Crippen LogP contribution in [0, 0.1) is 24.5 Å². The van der Waals surface area contributed by atoms with E-state index in [1.165, 1.54) is 6.07 Å². The average molecular weight is 197 g/mol. The molecule has 1 nitrogen and oxygen atoms in total. The van der Waals surface area contributed by atoms with Crippen LogP contribution in [0.5, 0.6) is 0 Å². The molecule has 0 spiro atoms. The molecular formula is C11H13F2N. The number of aryl methyl sites for hydroxylation is 1. The van der Waals surface area contributed by atoms with Crippen LogP contribution in [0.3, 0.4) is 0 Å². The van der Waals surface area contributed by atoms with Crippen LogP contribution in [0.4, 0.5) is 8.78 Å². The lowest BCUT2D eigenvalue weighted by Gasteiger charge is -2.12. The Morgan fingerprint density at radius 3 is 2.50 bits per heavy atom. The summed E-state index contributed by atoms with van der Waals surface area (Å²) in [6.45, 7) is 1.62. The molecule has 0 aliphatic heterocycles. The van der Waals surface area contributed by atoms with E-state index in [0.29, 0.717) is 17.0 Å². The van der Waals surface area contributed by atoms with Crippen molar-refractivity contribution < 1.29 is 8.78 Å². The lowest BCUT2D eigenvalue weighted by Crippen LogP contribution is -2.14. The lowest BCUT2D eigenvalue weighted by atomic mass is 10.0. The summed E-state index contributed by atoms with van der Waals surface area (Å²) < 4.78 is 26.3. The number of nitrogens with two attached hydrogens (primary N) is 1. The fraction of sp³-hybridized carbons (Fsp3) is 0.455. The maximum atomic E-state index is 13.3. The fourth-order valence-electron chi connectivity index (χ4n) is 1.64. The number of hydrogen-bond donors (Lipinski definition) is 1. The van der Waals surface area contributed by atoms with Gasteiger partial charge in [0.05, 0.1) is 0 Å². The van der Waals surface area contributed by atoms with Crippen LogP contribution in [-0.4, -0.2) is 0 Å². The van der Waals surface area contributed by atoms with E-state index in [-0.39, 0.29) is 6.04 Å². The van der Waals surface area contributed by atoms with Gasteiger partial charge < -0.3 is 5.73 Å². The maximum absolute atomic E-state index is 13.3. The van der Waals surface area contributed by atoms with Gasteiger partial charge >= 0.3 is 0 Å². The third kappa shape index (κ3) is 1.64. The second-order valence-electron chi connectivity index (χ2n) is 3.99. The molecule has 14 heavy (non-hydrogen) atoms. The van der Waals surface area contributed by atoms with Crippen LogP contribution in [0.25, 0.3) is 0 Å². The van der Waals surface area contributed by atoms with Crippen LogP contribution >= 0.6 is 0 Å². The summed E-state index contributed by atoms with van der Waals surface area (Å²) in [5.74, 6) is -0.642. The van der Waals surface area contributed by atoms with Gasteiger partial charge in [-0.15, -0.1) is 0 Å². The van der Waals surface area contributed by atoms with Crippen LogP contribution in [0.15, 0.2) is 12.1 Å². The van der Waals surface area contributed by atoms with Gasteiger partial charge in [0.25, 0.3) is 0 Å². The normalized spacial score (nSPS) is 18.3. The zero-order valence-electron chi connectivity index (χ0n) is 8.06. The Balaban J connectivity index is 2.36. The monoisotopic (exact) mass is 197 g/mol. The van der Waals surface area contributed by atoms with Crippen molar-refractivity contribution in [2.45, 2.75) is 25.8 Å². The molecule has 1 aliphatic carbocycles. The Kier molecular flexibility index (Phi) is 2.27. The molecule has 1 fully saturated rings. The van der Waals surface area contributed by atoms with E-state index in [9.17, 15) is 8.78 Å². The molecule has 1 aromatic rings. The number of rotatable bonds is 2. The molecule has 2 N–H and O–H groups in total. The summed E-state index contributed by atoms with van der Waals surface area (Å²) >= 11 is 0. The number of halogens is 2. The van der Waals surface area contributed by atoms with Crippen molar-refractivity contribution in [1.29, 1.82) is 0 Å². The third-order valence-electron chi connectivity index (χ3n) is 2.77. The largest absolute Gasteiger partial charge is 0.324 e. The molecule has 0 amide bonds. The van der Waals surface area contributed by atoms with Gasteiger partial charge in [-0.05, 0) is 37.3 Å². The molecule has 0 radical (unpaired) electrons. The number of hydrogen-bond acceptors (Lipinski definition) is 1. The summed E-state index contributed by atoms with van der Waals surface area (Å²) in [6.07, 6.45) is 2.11. The van der Waals surface area contributed by atoms with Crippen molar-refractivity contribution in [3.63, 3.8) is 0 Å². The van der Waals surface area contributed by atoms with Crippen LogP contribution in [0.2, 0.25) is 0 Å². The van der Waals surface area contributed by atoms with Gasteiger partial charge in [-0.1, -0.05) is 0 Å². The minimum atomic E-state index is -0.521. The first-order valence-electron chi connectivity index (χ1n) is 4.80. The van der Waals surface area contributed by atoms with Gasteiger partial charge in [0.15, 0.2) is 0 Å². The van der Waals surface area contributed by atoms with E-state index in [2.05, 4.69) is 0 Å². The van der Waals surface area contributed by atoms with Crippen molar-refractivity contribution in [2.24, 2.45) is 11.7 Å². The Morgan fingerprint density at radius 2 is 1.93 bits per heavy atom. The molecular weight excluding hydrogens is 184 g/mol. The van der Waals surface area contributed by atoms with Gasteiger partial charge in [-0.2, -0.15) is 0 Å². The first-order chi connectivity index (χ1) is 6.59. The zero-order chi connectivity index (χ0) is 10.3. The van der Waals surface area contributed by atoms with Crippen LogP contribution in [0.1, 0.15) is 30.0 Å². The van der Waals surface area contributed by atoms with Gasteiger partial charge in [-0.3, -0.25) is 0 Å². The predicted molar refractivity (Wildman–Crippen MR) is 50.7 cm³/mol. The van der Waals surface area contributed by atoms with Gasteiger partial charge in [0.1, 0.15) is 11.6 Å². The summed E-state index contributed by atoms with van der Waals surface area (Å²) in [5, 5.41) is 0. The topological polar surface area (TPSA) is 26.0 Å². The molecule has 0 saturated heterocycles. The summed E-state index contributed by atoms with van der Waals surface area (Å²) in [5.41, 5.74) is 6.76. The van der Waals surface area contributed by atoms with Crippen molar-refractivity contribution >= 4 is 0 Å². The van der Waals surface area contributed by atoms with E-state index in [1.807, 2.05) is 0 Å². The Morgan fingerprint density at radius 1 is 1.29 bits per heavy atom. The predicted octanol–water partition coefficient (Wildman–Crippen LogP) is 2.68. The van der Waals surface area contributed by atoms with Crippen molar-refractivity contribution in [3.05, 3.63) is 34.9 Å². The zero-order valence-corrected chi connectivity index (χ0v) is 8.06. The molecule has 1 aromatic carbocycles. The van der Waals surface area contributed by atoms with Gasteiger partial charge in [-0.25, -0.2) is 8.78 Å². The fourth-order valence-corrected chi connectivity index (χ4v) is 1.64. The van der Waals surface area contributed by atoms with Crippen molar-refractivity contribution in [1.82, 2.24) is 0 Å². The minimum Gasteiger partial charge on any atom is -0.324 e. The molecule has 1 unspecified atom stereocenters. The highest BCUT2D eigenvalue weighted by atomic mass is 19.1. The Bertz CT molecular complexity index is 359. The van der Waals surface area contributed by atoms with E-state index >= 15 is 0 Å². The second-order valence-corrected chi connectivity index (χ2v) is 3.99. The molecule has 2 rings (SSSR count). The quantitative estimate of drug-likeness (QED) is 0.775. The van der Waals surface area contributed by atoms with Gasteiger partial charge in [0.2, 0.25) is 0 Å². The molecule has 1 atom stereocenters. The molecule has 0 bridgehead atoms. The highest BCUT2D eigenvalue weighted by molar-refractivity contribution is 5.29.